The average Bonchev–Trinajstić information content (AvgIpc) is 2.14. The first kappa shape index (κ1) is 6.81. The van der Waals surface area contributed by atoms with Gasteiger partial charge in [0.1, 0.15) is 0 Å². The molecule has 0 saturated heterocycles. The van der Waals surface area contributed by atoms with E-state index in [1.807, 2.05) is 0 Å². The van der Waals surface area contributed by atoms with Crippen LogP contribution in [0.15, 0.2) is 12.2 Å². The van der Waals surface area contributed by atoms with Crippen molar-refractivity contribution < 1.29 is 0 Å². The first-order chi connectivity index (χ1) is 4.20. The number of rotatable bonds is 1. The summed E-state index contributed by atoms with van der Waals surface area (Å²) < 4.78 is 0. The monoisotopic (exact) mass is 125 g/mol. The molecule has 0 radical (unpaired) electrons. The fourth-order valence-corrected chi connectivity index (χ4v) is 1.46. The van der Waals surface area contributed by atoms with E-state index in [2.05, 4.69) is 13.5 Å². The van der Waals surface area contributed by atoms with Gasteiger partial charge in [-0.2, -0.15) is 0 Å². The Morgan fingerprint density at radius 1 is 1.56 bits per heavy atom. The van der Waals surface area contributed by atoms with Gasteiger partial charge < -0.3 is 5.73 Å². The fourth-order valence-electron chi connectivity index (χ4n) is 1.46. The highest BCUT2D eigenvalue weighted by Gasteiger charge is 2.21. The van der Waals surface area contributed by atoms with Crippen LogP contribution in [0.5, 0.6) is 0 Å². The van der Waals surface area contributed by atoms with Crippen LogP contribution in [-0.2, 0) is 0 Å². The van der Waals surface area contributed by atoms with Crippen LogP contribution in [0.4, 0.5) is 0 Å². The molecular weight excluding hydrogens is 110 g/mol. The summed E-state index contributed by atoms with van der Waals surface area (Å²) >= 11 is 0. The second-order valence-corrected chi connectivity index (χ2v) is 3.12. The van der Waals surface area contributed by atoms with Crippen molar-refractivity contribution in [2.24, 2.45) is 11.7 Å². The molecule has 52 valence electrons. The maximum atomic E-state index is 5.72. The van der Waals surface area contributed by atoms with Crippen molar-refractivity contribution in [3.05, 3.63) is 12.2 Å². The molecule has 0 aromatic heterocycles. The van der Waals surface area contributed by atoms with Crippen LogP contribution in [0.3, 0.4) is 0 Å². The largest absolute Gasteiger partial charge is 0.328 e. The first-order valence-corrected chi connectivity index (χ1v) is 3.61. The lowest BCUT2D eigenvalue weighted by molar-refractivity contribution is 0.622. The molecule has 1 nitrogen and oxygen atoms in total. The van der Waals surface area contributed by atoms with E-state index in [-0.39, 0.29) is 0 Å². The summed E-state index contributed by atoms with van der Waals surface area (Å²) in [5, 5.41) is 0. The minimum absolute atomic E-state index is 0.451. The minimum Gasteiger partial charge on any atom is -0.328 e. The highest BCUT2D eigenvalue weighted by molar-refractivity contribution is 5.00. The van der Waals surface area contributed by atoms with E-state index < -0.39 is 0 Å². The lowest BCUT2D eigenvalue weighted by Crippen LogP contribution is -2.14. The molecule has 9 heavy (non-hydrogen) atoms. The highest BCUT2D eigenvalue weighted by Crippen LogP contribution is 2.28. The lowest BCUT2D eigenvalue weighted by atomic mass is 10.0. The molecule has 1 rings (SSSR count). The van der Waals surface area contributed by atoms with Gasteiger partial charge in [0.05, 0.1) is 0 Å². The molecule has 0 aromatic carbocycles. The lowest BCUT2D eigenvalue weighted by Gasteiger charge is -2.06. The van der Waals surface area contributed by atoms with Crippen molar-refractivity contribution in [3.63, 3.8) is 0 Å². The van der Waals surface area contributed by atoms with Crippen LogP contribution >= 0.6 is 0 Å². The van der Waals surface area contributed by atoms with Gasteiger partial charge in [-0.15, -0.1) is 0 Å². The number of nitrogens with two attached hydrogens (primary N) is 1. The van der Waals surface area contributed by atoms with Gasteiger partial charge in [0.25, 0.3) is 0 Å². The van der Waals surface area contributed by atoms with Crippen LogP contribution in [0.2, 0.25) is 0 Å². The molecule has 1 saturated carbocycles. The molecule has 1 fully saturated rings. The van der Waals surface area contributed by atoms with Gasteiger partial charge in [-0.1, -0.05) is 12.2 Å². The quantitative estimate of drug-likeness (QED) is 0.530. The summed E-state index contributed by atoms with van der Waals surface area (Å²) in [5.74, 6) is 0.722. The second-order valence-electron chi connectivity index (χ2n) is 3.12. The molecule has 0 spiro atoms. The molecule has 1 aliphatic carbocycles. The summed E-state index contributed by atoms with van der Waals surface area (Å²) in [6, 6.07) is 0.451. The van der Waals surface area contributed by atoms with E-state index in [4.69, 9.17) is 5.73 Å². The van der Waals surface area contributed by atoms with Gasteiger partial charge in [0, 0.05) is 6.04 Å². The number of hydrogen-bond acceptors (Lipinski definition) is 1. The smallest absolute Gasteiger partial charge is 0.00447 e. The van der Waals surface area contributed by atoms with Gasteiger partial charge in [-0.05, 0) is 32.1 Å². The Hall–Kier alpha value is -0.300. The first-order valence-electron chi connectivity index (χ1n) is 3.61. The van der Waals surface area contributed by atoms with Crippen LogP contribution in [0.1, 0.15) is 26.2 Å². The van der Waals surface area contributed by atoms with Crippen molar-refractivity contribution in [1.82, 2.24) is 0 Å². The van der Waals surface area contributed by atoms with Crippen molar-refractivity contribution in [2.45, 2.75) is 32.2 Å². The summed E-state index contributed by atoms with van der Waals surface area (Å²) in [6.07, 6.45) is 3.61. The van der Waals surface area contributed by atoms with Crippen LogP contribution in [0, 0.1) is 5.92 Å². The molecule has 0 aliphatic heterocycles. The van der Waals surface area contributed by atoms with Crippen molar-refractivity contribution in [2.75, 3.05) is 0 Å². The maximum Gasteiger partial charge on any atom is 0.00447 e. The molecule has 0 heterocycles. The molecule has 2 unspecified atom stereocenters. The maximum absolute atomic E-state index is 5.72. The van der Waals surface area contributed by atoms with Gasteiger partial charge in [0.2, 0.25) is 0 Å². The third-order valence-electron chi connectivity index (χ3n) is 2.17. The Labute approximate surface area is 56.9 Å². The highest BCUT2D eigenvalue weighted by atomic mass is 14.6. The Morgan fingerprint density at radius 2 is 2.22 bits per heavy atom. The predicted octanol–water partition coefficient (Wildman–Crippen LogP) is 1.69. The fraction of sp³-hybridized carbons (Fsp3) is 0.750. The number of allylic oxidation sites excluding steroid dienone is 1. The van der Waals surface area contributed by atoms with Gasteiger partial charge >= 0.3 is 0 Å². The number of hydrogen-bond donors (Lipinski definition) is 1. The second kappa shape index (κ2) is 2.53. The predicted molar refractivity (Wildman–Crippen MR) is 40.1 cm³/mol. The SMILES string of the molecule is C=C(C)C1CCC(N)C1. The Balaban J connectivity index is 2.39. The van der Waals surface area contributed by atoms with E-state index in [1.165, 1.54) is 18.4 Å². The zero-order valence-electron chi connectivity index (χ0n) is 6.06. The Morgan fingerprint density at radius 3 is 2.44 bits per heavy atom. The average molecular weight is 125 g/mol. The molecule has 0 amide bonds. The third-order valence-corrected chi connectivity index (χ3v) is 2.17. The molecular formula is C8H15N. The van der Waals surface area contributed by atoms with E-state index in [0.29, 0.717) is 6.04 Å². The Bertz CT molecular complexity index is 118. The molecule has 0 aromatic rings. The zero-order chi connectivity index (χ0) is 6.85. The zero-order valence-corrected chi connectivity index (χ0v) is 6.06. The topological polar surface area (TPSA) is 26.0 Å². The van der Waals surface area contributed by atoms with Crippen molar-refractivity contribution >= 4 is 0 Å². The molecule has 1 heteroatoms. The van der Waals surface area contributed by atoms with Gasteiger partial charge in [-0.3, -0.25) is 0 Å². The van der Waals surface area contributed by atoms with Crippen LogP contribution in [-0.4, -0.2) is 6.04 Å². The molecule has 2 atom stereocenters. The minimum atomic E-state index is 0.451. The summed E-state index contributed by atoms with van der Waals surface area (Å²) in [6.45, 7) is 6.02. The van der Waals surface area contributed by atoms with E-state index >= 15 is 0 Å². The van der Waals surface area contributed by atoms with Crippen LogP contribution < -0.4 is 5.73 Å². The summed E-state index contributed by atoms with van der Waals surface area (Å²) in [7, 11) is 0. The van der Waals surface area contributed by atoms with Gasteiger partial charge in [-0.25, -0.2) is 0 Å². The molecule has 1 aliphatic rings. The summed E-state index contributed by atoms with van der Waals surface area (Å²) in [5.41, 5.74) is 7.03. The van der Waals surface area contributed by atoms with Gasteiger partial charge in [0.15, 0.2) is 0 Å². The molecule has 2 N–H and O–H groups in total. The third kappa shape index (κ3) is 1.55. The Kier molecular flexibility index (Phi) is 1.91. The van der Waals surface area contributed by atoms with Crippen molar-refractivity contribution in [3.8, 4) is 0 Å². The van der Waals surface area contributed by atoms with Crippen LogP contribution in [0.25, 0.3) is 0 Å². The normalized spacial score (nSPS) is 34.9. The molecule has 0 bridgehead atoms. The van der Waals surface area contributed by atoms with E-state index in [1.54, 1.807) is 0 Å². The van der Waals surface area contributed by atoms with E-state index in [9.17, 15) is 0 Å². The summed E-state index contributed by atoms with van der Waals surface area (Å²) in [4.78, 5) is 0. The standard InChI is InChI=1S/C8H15N/c1-6(2)7-3-4-8(9)5-7/h7-8H,1,3-5,9H2,2H3. The van der Waals surface area contributed by atoms with Crippen molar-refractivity contribution in [1.29, 1.82) is 0 Å². The van der Waals surface area contributed by atoms with E-state index in [0.717, 1.165) is 12.3 Å².